The smallest absolute Gasteiger partial charge is 0.124 e. The van der Waals surface area contributed by atoms with Crippen LogP contribution in [0.1, 0.15) is 11.1 Å². The second-order valence-electron chi connectivity index (χ2n) is 4.57. The number of halogens is 2. The van der Waals surface area contributed by atoms with Crippen molar-refractivity contribution in [1.82, 2.24) is 9.88 Å². The van der Waals surface area contributed by atoms with Crippen LogP contribution in [-0.2, 0) is 13.1 Å². The number of aromatic nitrogens is 1. The zero-order chi connectivity index (χ0) is 14.4. The Labute approximate surface area is 126 Å². The van der Waals surface area contributed by atoms with Crippen molar-refractivity contribution in [3.8, 4) is 0 Å². The number of aliphatic hydroxyl groups is 1. The molecule has 1 N–H and O–H groups in total. The zero-order valence-corrected chi connectivity index (χ0v) is 12.6. The minimum absolute atomic E-state index is 0.0662. The molecule has 0 radical (unpaired) electrons. The Morgan fingerprint density at radius 1 is 1.20 bits per heavy atom. The van der Waals surface area contributed by atoms with Gasteiger partial charge in [-0.3, -0.25) is 9.88 Å². The SMILES string of the molecule is OCCN(Cc1cccnc1)Cc1cc(F)cc(Br)c1. The highest BCUT2D eigenvalue weighted by atomic mass is 79.9. The summed E-state index contributed by atoms with van der Waals surface area (Å²) in [4.78, 5) is 6.13. The first-order valence-electron chi connectivity index (χ1n) is 6.34. The van der Waals surface area contributed by atoms with Gasteiger partial charge in [-0.15, -0.1) is 0 Å². The molecule has 0 aliphatic carbocycles. The number of hydrogen-bond acceptors (Lipinski definition) is 3. The van der Waals surface area contributed by atoms with Crippen LogP contribution < -0.4 is 0 Å². The van der Waals surface area contributed by atoms with Crippen LogP contribution in [0.25, 0.3) is 0 Å². The third-order valence-electron chi connectivity index (χ3n) is 2.87. The fourth-order valence-corrected chi connectivity index (χ4v) is 2.58. The van der Waals surface area contributed by atoms with Crippen LogP contribution in [0.4, 0.5) is 4.39 Å². The van der Waals surface area contributed by atoms with Gasteiger partial charge in [-0.2, -0.15) is 0 Å². The molecular weight excluding hydrogens is 323 g/mol. The van der Waals surface area contributed by atoms with Gasteiger partial charge in [-0.25, -0.2) is 4.39 Å². The second kappa shape index (κ2) is 7.47. The molecule has 0 amide bonds. The predicted octanol–water partition coefficient (Wildman–Crippen LogP) is 2.98. The lowest BCUT2D eigenvalue weighted by molar-refractivity contribution is 0.184. The van der Waals surface area contributed by atoms with Gasteiger partial charge >= 0.3 is 0 Å². The van der Waals surface area contributed by atoms with Crippen LogP contribution in [0.3, 0.4) is 0 Å². The maximum Gasteiger partial charge on any atom is 0.124 e. The first-order chi connectivity index (χ1) is 9.67. The third-order valence-corrected chi connectivity index (χ3v) is 3.33. The molecule has 5 heteroatoms. The summed E-state index contributed by atoms with van der Waals surface area (Å²) in [5.41, 5.74) is 1.94. The summed E-state index contributed by atoms with van der Waals surface area (Å²) in [7, 11) is 0. The molecule has 1 heterocycles. The maximum absolute atomic E-state index is 13.4. The average molecular weight is 339 g/mol. The monoisotopic (exact) mass is 338 g/mol. The number of nitrogens with zero attached hydrogens (tertiary/aromatic N) is 2. The van der Waals surface area contributed by atoms with Gasteiger partial charge < -0.3 is 5.11 Å². The minimum atomic E-state index is -0.264. The summed E-state index contributed by atoms with van der Waals surface area (Å²) < 4.78 is 14.1. The largest absolute Gasteiger partial charge is 0.395 e. The standard InChI is InChI=1S/C15H16BrFN2O/c16-14-6-13(7-15(17)8-14)11-19(4-5-20)10-12-2-1-3-18-9-12/h1-3,6-9,20H,4-5,10-11H2. The van der Waals surface area contributed by atoms with Crippen LogP contribution in [-0.4, -0.2) is 28.1 Å². The van der Waals surface area contributed by atoms with E-state index in [-0.39, 0.29) is 12.4 Å². The molecule has 0 atom stereocenters. The summed E-state index contributed by atoms with van der Waals surface area (Å²) >= 11 is 3.29. The Hall–Kier alpha value is -1.30. The molecule has 0 aliphatic rings. The lowest BCUT2D eigenvalue weighted by Crippen LogP contribution is -2.26. The van der Waals surface area contributed by atoms with Crippen molar-refractivity contribution in [3.63, 3.8) is 0 Å². The van der Waals surface area contributed by atoms with Gasteiger partial charge in [-0.1, -0.05) is 22.0 Å². The molecule has 0 saturated heterocycles. The van der Waals surface area contributed by atoms with Crippen molar-refractivity contribution in [2.45, 2.75) is 13.1 Å². The van der Waals surface area contributed by atoms with Crippen LogP contribution in [0.5, 0.6) is 0 Å². The van der Waals surface area contributed by atoms with Gasteiger partial charge in [0.2, 0.25) is 0 Å². The van der Waals surface area contributed by atoms with Crippen molar-refractivity contribution in [1.29, 1.82) is 0 Å². The van der Waals surface area contributed by atoms with E-state index in [1.165, 1.54) is 12.1 Å². The number of hydrogen-bond donors (Lipinski definition) is 1. The van der Waals surface area contributed by atoms with Gasteiger partial charge in [0.15, 0.2) is 0 Å². The molecular formula is C15H16BrFN2O. The van der Waals surface area contributed by atoms with Crippen LogP contribution in [0.15, 0.2) is 47.2 Å². The van der Waals surface area contributed by atoms with E-state index in [0.29, 0.717) is 19.6 Å². The predicted molar refractivity (Wildman–Crippen MR) is 79.5 cm³/mol. The molecule has 2 rings (SSSR count). The highest BCUT2D eigenvalue weighted by Gasteiger charge is 2.08. The molecule has 20 heavy (non-hydrogen) atoms. The Bertz CT molecular complexity index is 531. The van der Waals surface area contributed by atoms with Crippen LogP contribution in [0.2, 0.25) is 0 Å². The Kier molecular flexibility index (Phi) is 5.64. The Morgan fingerprint density at radius 2 is 2.00 bits per heavy atom. The number of rotatable bonds is 6. The van der Waals surface area contributed by atoms with Gasteiger partial charge in [-0.05, 0) is 35.4 Å². The van der Waals surface area contributed by atoms with E-state index in [0.717, 1.165) is 15.6 Å². The van der Waals surface area contributed by atoms with Crippen molar-refractivity contribution in [2.75, 3.05) is 13.2 Å². The molecule has 1 aromatic heterocycles. The minimum Gasteiger partial charge on any atom is -0.395 e. The van der Waals surface area contributed by atoms with Crippen LogP contribution >= 0.6 is 15.9 Å². The summed E-state index contributed by atoms with van der Waals surface area (Å²) in [5, 5.41) is 9.16. The average Bonchev–Trinajstić information content (AvgIpc) is 2.39. The fourth-order valence-electron chi connectivity index (χ4n) is 2.07. The quantitative estimate of drug-likeness (QED) is 0.879. The summed E-state index contributed by atoms with van der Waals surface area (Å²) in [6.45, 7) is 1.84. The van der Waals surface area contributed by atoms with E-state index in [9.17, 15) is 4.39 Å². The number of benzene rings is 1. The van der Waals surface area contributed by atoms with Crippen molar-refractivity contribution in [3.05, 3.63) is 64.1 Å². The Balaban J connectivity index is 2.08. The molecule has 0 spiro atoms. The van der Waals surface area contributed by atoms with E-state index < -0.39 is 0 Å². The highest BCUT2D eigenvalue weighted by molar-refractivity contribution is 9.10. The van der Waals surface area contributed by atoms with Gasteiger partial charge in [0, 0.05) is 36.5 Å². The van der Waals surface area contributed by atoms with Gasteiger partial charge in [0.05, 0.1) is 6.61 Å². The number of aliphatic hydroxyl groups excluding tert-OH is 1. The second-order valence-corrected chi connectivity index (χ2v) is 5.49. The van der Waals surface area contributed by atoms with Gasteiger partial charge in [0.1, 0.15) is 5.82 Å². The van der Waals surface area contributed by atoms with E-state index >= 15 is 0 Å². The van der Waals surface area contributed by atoms with E-state index in [1.807, 2.05) is 18.2 Å². The molecule has 0 aliphatic heterocycles. The summed E-state index contributed by atoms with van der Waals surface area (Å²) in [6.07, 6.45) is 3.52. The molecule has 0 bridgehead atoms. The highest BCUT2D eigenvalue weighted by Crippen LogP contribution is 2.17. The van der Waals surface area contributed by atoms with Crippen LogP contribution in [0, 0.1) is 5.82 Å². The molecule has 2 aromatic rings. The first-order valence-corrected chi connectivity index (χ1v) is 7.14. The normalized spacial score (nSPS) is 11.0. The number of pyridine rings is 1. The summed E-state index contributed by atoms with van der Waals surface area (Å²) in [6, 6.07) is 8.69. The van der Waals surface area contributed by atoms with E-state index in [4.69, 9.17) is 5.11 Å². The maximum atomic E-state index is 13.4. The lowest BCUT2D eigenvalue weighted by Gasteiger charge is -2.21. The first kappa shape index (κ1) is 15.1. The van der Waals surface area contributed by atoms with E-state index in [1.54, 1.807) is 12.4 Å². The molecule has 0 fully saturated rings. The third kappa shape index (κ3) is 4.67. The molecule has 0 unspecified atom stereocenters. The van der Waals surface area contributed by atoms with Crippen molar-refractivity contribution in [2.24, 2.45) is 0 Å². The van der Waals surface area contributed by atoms with Gasteiger partial charge in [0.25, 0.3) is 0 Å². The molecule has 3 nitrogen and oxygen atoms in total. The fraction of sp³-hybridized carbons (Fsp3) is 0.267. The zero-order valence-electron chi connectivity index (χ0n) is 11.0. The molecule has 0 saturated carbocycles. The lowest BCUT2D eigenvalue weighted by atomic mass is 10.2. The van der Waals surface area contributed by atoms with Crippen molar-refractivity contribution >= 4 is 15.9 Å². The molecule has 106 valence electrons. The molecule has 1 aromatic carbocycles. The van der Waals surface area contributed by atoms with Crippen molar-refractivity contribution < 1.29 is 9.50 Å². The Morgan fingerprint density at radius 3 is 2.65 bits per heavy atom. The topological polar surface area (TPSA) is 36.4 Å². The van der Waals surface area contributed by atoms with E-state index in [2.05, 4.69) is 25.8 Å². The summed E-state index contributed by atoms with van der Waals surface area (Å²) in [5.74, 6) is -0.264.